The lowest BCUT2D eigenvalue weighted by atomic mass is 9.78. The van der Waals surface area contributed by atoms with Gasteiger partial charge in [-0.25, -0.2) is 4.39 Å². The number of rotatable bonds is 2. The van der Waals surface area contributed by atoms with Crippen LogP contribution in [0.1, 0.15) is 37.4 Å². The second kappa shape index (κ2) is 4.64. The molecule has 2 rings (SSSR count). The number of halogens is 2. The van der Waals surface area contributed by atoms with Gasteiger partial charge in [-0.15, -0.1) is 0 Å². The van der Waals surface area contributed by atoms with Crippen molar-refractivity contribution in [2.24, 2.45) is 5.41 Å². The summed E-state index contributed by atoms with van der Waals surface area (Å²) in [6, 6.07) is 6.67. The Morgan fingerprint density at radius 3 is 2.65 bits per heavy atom. The average Bonchev–Trinajstić information content (AvgIpc) is 2.82. The van der Waals surface area contributed by atoms with E-state index in [9.17, 15) is 14.8 Å². The van der Waals surface area contributed by atoms with E-state index < -0.39 is 17.3 Å². The van der Waals surface area contributed by atoms with Gasteiger partial charge in [0.1, 0.15) is 11.9 Å². The third-order valence-corrected chi connectivity index (χ3v) is 3.81. The molecule has 0 amide bonds. The van der Waals surface area contributed by atoms with E-state index in [1.165, 1.54) is 12.1 Å². The second-order valence-corrected chi connectivity index (χ2v) is 4.93. The molecule has 0 aromatic heterocycles. The van der Waals surface area contributed by atoms with Crippen LogP contribution in [0.5, 0.6) is 0 Å². The van der Waals surface area contributed by atoms with E-state index in [0.717, 1.165) is 12.8 Å². The largest absolute Gasteiger partial charge is 0.387 e. The van der Waals surface area contributed by atoms with Gasteiger partial charge in [-0.3, -0.25) is 0 Å². The van der Waals surface area contributed by atoms with Crippen LogP contribution in [0.25, 0.3) is 0 Å². The van der Waals surface area contributed by atoms with Crippen LogP contribution in [0.3, 0.4) is 0 Å². The van der Waals surface area contributed by atoms with Crippen molar-refractivity contribution in [1.82, 2.24) is 0 Å². The van der Waals surface area contributed by atoms with Crippen LogP contribution in [-0.2, 0) is 0 Å². The molecule has 0 heterocycles. The van der Waals surface area contributed by atoms with Gasteiger partial charge >= 0.3 is 0 Å². The molecule has 1 N–H and O–H groups in total. The van der Waals surface area contributed by atoms with E-state index in [1.807, 2.05) is 0 Å². The van der Waals surface area contributed by atoms with Gasteiger partial charge in [0.2, 0.25) is 0 Å². The lowest BCUT2D eigenvalue weighted by Gasteiger charge is -2.27. The number of nitriles is 1. The highest BCUT2D eigenvalue weighted by Gasteiger charge is 2.42. The van der Waals surface area contributed by atoms with Crippen molar-refractivity contribution in [3.05, 3.63) is 34.6 Å². The lowest BCUT2D eigenvalue weighted by Crippen LogP contribution is -2.24. The van der Waals surface area contributed by atoms with Crippen LogP contribution in [0.15, 0.2) is 18.2 Å². The molecule has 1 aliphatic rings. The molecular formula is C13H13ClFNO. The molecule has 0 spiro atoms. The summed E-state index contributed by atoms with van der Waals surface area (Å²) in [4.78, 5) is 0. The standard InChI is InChI=1S/C13H13ClFNO/c14-10-5-3-4-9(11(10)15)12(17)13(8-16)6-1-2-7-13/h3-5,12,17H,1-2,6-7H2. The smallest absolute Gasteiger partial charge is 0.147 e. The first-order chi connectivity index (χ1) is 8.10. The molecule has 1 saturated carbocycles. The van der Waals surface area contributed by atoms with E-state index in [-0.39, 0.29) is 10.6 Å². The average molecular weight is 254 g/mol. The molecule has 17 heavy (non-hydrogen) atoms. The maximum Gasteiger partial charge on any atom is 0.147 e. The molecule has 0 saturated heterocycles. The van der Waals surface area contributed by atoms with Gasteiger partial charge in [0, 0.05) is 5.56 Å². The predicted molar refractivity (Wildman–Crippen MR) is 62.9 cm³/mol. The zero-order valence-corrected chi connectivity index (χ0v) is 10.0. The molecule has 0 radical (unpaired) electrons. The van der Waals surface area contributed by atoms with Crippen molar-refractivity contribution in [2.75, 3.05) is 0 Å². The topological polar surface area (TPSA) is 44.0 Å². The van der Waals surface area contributed by atoms with Gasteiger partial charge in [0.25, 0.3) is 0 Å². The van der Waals surface area contributed by atoms with Crippen LogP contribution in [-0.4, -0.2) is 5.11 Å². The maximum absolute atomic E-state index is 13.8. The van der Waals surface area contributed by atoms with E-state index in [4.69, 9.17) is 11.6 Å². The Hall–Kier alpha value is -1.11. The summed E-state index contributed by atoms with van der Waals surface area (Å²) in [5.41, 5.74) is -0.730. The Labute approximate surface area is 105 Å². The van der Waals surface area contributed by atoms with Crippen LogP contribution in [0.2, 0.25) is 5.02 Å². The van der Waals surface area contributed by atoms with Crippen molar-refractivity contribution < 1.29 is 9.50 Å². The molecule has 0 bridgehead atoms. The molecule has 90 valence electrons. The fourth-order valence-corrected chi connectivity index (χ4v) is 2.66. The fraction of sp³-hybridized carbons (Fsp3) is 0.462. The van der Waals surface area contributed by atoms with Gasteiger partial charge < -0.3 is 5.11 Å². The lowest BCUT2D eigenvalue weighted by molar-refractivity contribution is 0.0639. The molecule has 4 heteroatoms. The number of benzene rings is 1. The number of aliphatic hydroxyl groups is 1. The van der Waals surface area contributed by atoms with Crippen molar-refractivity contribution in [2.45, 2.75) is 31.8 Å². The first kappa shape index (κ1) is 12.3. The quantitative estimate of drug-likeness (QED) is 0.875. The van der Waals surface area contributed by atoms with Crippen molar-refractivity contribution in [3.63, 3.8) is 0 Å². The molecule has 2 nitrogen and oxygen atoms in total. The number of aliphatic hydroxyl groups excluding tert-OH is 1. The molecule has 1 fully saturated rings. The molecule has 1 aromatic carbocycles. The van der Waals surface area contributed by atoms with Crippen molar-refractivity contribution >= 4 is 11.6 Å². The van der Waals surface area contributed by atoms with E-state index >= 15 is 0 Å². The number of hydrogen-bond acceptors (Lipinski definition) is 2. The first-order valence-corrected chi connectivity index (χ1v) is 6.02. The van der Waals surface area contributed by atoms with Crippen LogP contribution in [0.4, 0.5) is 4.39 Å². The molecule has 1 aromatic rings. The van der Waals surface area contributed by atoms with Gasteiger partial charge in [-0.1, -0.05) is 36.6 Å². The third kappa shape index (κ3) is 2.03. The second-order valence-electron chi connectivity index (χ2n) is 4.52. The Balaban J connectivity index is 2.40. The number of nitrogens with zero attached hydrogens (tertiary/aromatic N) is 1. The zero-order valence-electron chi connectivity index (χ0n) is 9.29. The van der Waals surface area contributed by atoms with E-state index in [1.54, 1.807) is 6.07 Å². The monoisotopic (exact) mass is 253 g/mol. The zero-order chi connectivity index (χ0) is 12.5. The summed E-state index contributed by atoms with van der Waals surface area (Å²) in [5.74, 6) is -0.622. The van der Waals surface area contributed by atoms with Gasteiger partial charge in [0.05, 0.1) is 16.5 Å². The summed E-state index contributed by atoms with van der Waals surface area (Å²) in [5, 5.41) is 19.5. The van der Waals surface area contributed by atoms with Gasteiger partial charge in [0.15, 0.2) is 0 Å². The van der Waals surface area contributed by atoms with Crippen LogP contribution < -0.4 is 0 Å². The molecule has 1 unspecified atom stereocenters. The third-order valence-electron chi connectivity index (χ3n) is 3.52. The normalized spacial score (nSPS) is 19.9. The summed E-state index contributed by atoms with van der Waals surface area (Å²) < 4.78 is 13.8. The van der Waals surface area contributed by atoms with Crippen LogP contribution in [0, 0.1) is 22.6 Å². The van der Waals surface area contributed by atoms with E-state index in [2.05, 4.69) is 6.07 Å². The predicted octanol–water partition coefficient (Wildman–Crippen LogP) is 3.60. The first-order valence-electron chi connectivity index (χ1n) is 5.64. The number of hydrogen-bond donors (Lipinski definition) is 1. The van der Waals surface area contributed by atoms with E-state index in [0.29, 0.717) is 12.8 Å². The molecular weight excluding hydrogens is 241 g/mol. The summed E-state index contributed by atoms with van der Waals surface area (Å²) in [6.07, 6.45) is 1.90. The highest BCUT2D eigenvalue weighted by molar-refractivity contribution is 6.30. The maximum atomic E-state index is 13.8. The van der Waals surface area contributed by atoms with Gasteiger partial charge in [-0.2, -0.15) is 5.26 Å². The summed E-state index contributed by atoms with van der Waals surface area (Å²) in [6.45, 7) is 0. The minimum atomic E-state index is -1.10. The Kier molecular flexibility index (Phi) is 3.37. The minimum absolute atomic E-state index is 0.0207. The molecule has 0 aliphatic heterocycles. The Morgan fingerprint density at radius 2 is 2.06 bits per heavy atom. The summed E-state index contributed by atoms with van der Waals surface area (Å²) in [7, 11) is 0. The Morgan fingerprint density at radius 1 is 1.41 bits per heavy atom. The highest BCUT2D eigenvalue weighted by Crippen LogP contribution is 2.47. The molecule has 1 atom stereocenters. The fourth-order valence-electron chi connectivity index (χ4n) is 2.48. The molecule has 1 aliphatic carbocycles. The minimum Gasteiger partial charge on any atom is -0.387 e. The van der Waals surface area contributed by atoms with Crippen molar-refractivity contribution in [1.29, 1.82) is 5.26 Å². The summed E-state index contributed by atoms with van der Waals surface area (Å²) >= 11 is 5.68. The van der Waals surface area contributed by atoms with Crippen LogP contribution >= 0.6 is 11.6 Å². The van der Waals surface area contributed by atoms with Crippen molar-refractivity contribution in [3.8, 4) is 6.07 Å². The highest BCUT2D eigenvalue weighted by atomic mass is 35.5. The van der Waals surface area contributed by atoms with Gasteiger partial charge in [-0.05, 0) is 18.9 Å². The Bertz CT molecular complexity index is 463. The SMILES string of the molecule is N#CC1(C(O)c2cccc(Cl)c2F)CCCC1.